The van der Waals surface area contributed by atoms with E-state index in [-0.39, 0.29) is 50.2 Å². The maximum Gasteiger partial charge on any atom is 0.407 e. The number of carboxylic acids is 1. The fraction of sp³-hybridized carbons (Fsp3) is 0.533. The Hall–Kier alpha value is -6.15. The Labute approximate surface area is 414 Å². The van der Waals surface area contributed by atoms with Gasteiger partial charge in [0.25, 0.3) is 0 Å². The first-order valence-corrected chi connectivity index (χ1v) is 25.0. The number of hydrogen-bond acceptors (Lipinski definition) is 16. The van der Waals surface area contributed by atoms with Gasteiger partial charge in [-0.1, -0.05) is 64.1 Å². The van der Waals surface area contributed by atoms with Crippen LogP contribution < -0.4 is 48.3 Å². The van der Waals surface area contributed by atoms with Crippen LogP contribution >= 0.6 is 21.6 Å². The lowest BCUT2D eigenvalue weighted by Gasteiger charge is -2.27. The first-order valence-electron chi connectivity index (χ1n) is 22.2. The lowest BCUT2D eigenvalue weighted by atomic mass is 10.0. The summed E-state index contributed by atoms with van der Waals surface area (Å²) in [4.78, 5) is 117. The van der Waals surface area contributed by atoms with E-state index in [1.165, 1.54) is 42.0 Å². The Kier molecular flexibility index (Phi) is 26.1. The molecule has 0 radical (unpaired) electrons. The number of carbonyl (C=O) groups excluding carboxylic acids is 8. The molecule has 0 aromatic heterocycles. The Bertz CT molecular complexity index is 2060. The molecule has 0 spiro atoms. The van der Waals surface area contributed by atoms with Crippen LogP contribution in [-0.4, -0.2) is 160 Å². The van der Waals surface area contributed by atoms with Crippen molar-refractivity contribution in [2.75, 3.05) is 31.6 Å². The summed E-state index contributed by atoms with van der Waals surface area (Å²) in [6.45, 7) is 6.22. The molecule has 23 nitrogen and oxygen atoms in total. The second kappa shape index (κ2) is 30.5. The van der Waals surface area contributed by atoms with Crippen LogP contribution in [0.15, 0.2) is 54.6 Å². The quantitative estimate of drug-likeness (QED) is 0.0333. The predicted molar refractivity (Wildman–Crippen MR) is 261 cm³/mol. The van der Waals surface area contributed by atoms with Crippen molar-refractivity contribution in [3.8, 4) is 5.75 Å². The molecule has 2 rings (SSSR count). The summed E-state index contributed by atoms with van der Waals surface area (Å²) < 4.78 is 5.23. The molecule has 0 aliphatic rings. The summed E-state index contributed by atoms with van der Waals surface area (Å²) in [5.41, 5.74) is 6.58. The number of carboxylic acid groups (broad SMARTS) is 1. The van der Waals surface area contributed by atoms with Crippen LogP contribution in [0.2, 0.25) is 0 Å². The largest absolute Gasteiger partial charge is 0.508 e. The molecule has 8 atom stereocenters. The van der Waals surface area contributed by atoms with Crippen LogP contribution in [0, 0.1) is 0 Å². The van der Waals surface area contributed by atoms with Gasteiger partial charge in [0.15, 0.2) is 6.04 Å². The molecule has 0 aliphatic carbocycles. The number of nitrogens with one attached hydrogen (secondary N) is 8. The van der Waals surface area contributed by atoms with Gasteiger partial charge in [-0.3, -0.25) is 33.6 Å². The summed E-state index contributed by atoms with van der Waals surface area (Å²) >= 11 is 0. The highest BCUT2D eigenvalue weighted by molar-refractivity contribution is 8.76. The molecule has 14 N–H and O–H groups in total. The fourth-order valence-electron chi connectivity index (χ4n) is 6.25. The summed E-state index contributed by atoms with van der Waals surface area (Å²) in [7, 11) is 2.36. The molecule has 0 fully saturated rings. The van der Waals surface area contributed by atoms with Gasteiger partial charge in [0.2, 0.25) is 41.4 Å². The van der Waals surface area contributed by atoms with Crippen LogP contribution in [0.4, 0.5) is 4.79 Å². The molecule has 2 aromatic carbocycles. The van der Waals surface area contributed by atoms with Crippen molar-refractivity contribution >= 4 is 75.0 Å². The minimum atomic E-state index is -1.73. The number of benzene rings is 2. The molecular weight excluding hydrogens is 955 g/mol. The molecule has 8 amide bonds. The number of hydrogen-bond donors (Lipinski definition) is 13. The third kappa shape index (κ3) is 23.4. The smallest absolute Gasteiger partial charge is 0.407 e. The van der Waals surface area contributed by atoms with Crippen LogP contribution in [-0.2, 0) is 55.9 Å². The van der Waals surface area contributed by atoms with Crippen LogP contribution in [0.1, 0.15) is 65.0 Å². The Balaban J connectivity index is 2.25. The Morgan fingerprint density at radius 3 is 1.74 bits per heavy atom. The number of phenols is 1. The summed E-state index contributed by atoms with van der Waals surface area (Å²) in [6, 6.07) is 6.19. The third-order valence-corrected chi connectivity index (χ3v) is 11.7. The first kappa shape index (κ1) is 60.0. The van der Waals surface area contributed by atoms with Crippen LogP contribution in [0.5, 0.6) is 5.75 Å². The van der Waals surface area contributed by atoms with Crippen molar-refractivity contribution in [1.29, 1.82) is 0 Å². The van der Waals surface area contributed by atoms with Crippen LogP contribution in [0.25, 0.3) is 0 Å². The summed E-state index contributed by atoms with van der Waals surface area (Å²) in [5.74, 6) is -7.79. The number of phenolic OH excluding ortho intramolecular Hbond substituents is 1. The number of alkyl carbamates (subject to hydrolysis) is 1. The van der Waals surface area contributed by atoms with E-state index in [2.05, 4.69) is 42.5 Å². The Morgan fingerprint density at radius 2 is 1.19 bits per heavy atom. The average molecular weight is 1020 g/mol. The van der Waals surface area contributed by atoms with E-state index in [4.69, 9.17) is 10.5 Å². The number of amides is 8. The first-order chi connectivity index (χ1) is 32.9. The van der Waals surface area contributed by atoms with E-state index in [1.807, 2.05) is 6.07 Å². The number of rotatable bonds is 29. The number of aliphatic carboxylic acids is 1. The number of carbonyl (C=O) groups is 9. The van der Waals surface area contributed by atoms with E-state index in [0.29, 0.717) is 5.56 Å². The van der Waals surface area contributed by atoms with Gasteiger partial charge in [0, 0.05) is 18.7 Å². The predicted octanol–water partition coefficient (Wildman–Crippen LogP) is -1.29. The fourth-order valence-corrected chi connectivity index (χ4v) is 7.57. The third-order valence-electron chi connectivity index (χ3n) is 9.84. The normalized spacial score (nSPS) is 14.6. The molecule has 70 heavy (non-hydrogen) atoms. The standard InChI is InChI=1S/C45H67N9O14S2/c1-25(55)36(42(64)52-33(24-70-69-6)41(63)54-37(26(2)56)43(65)66)53-40(62)31(14-10-11-19-47-44(67)68-45(3,4)5)50-34(58)23-49-39(61)32(21-28-15-17-29(57)18-16-28)51-35(59)22-48-38(60)30(46)20-27-12-8-7-9-13-27/h7-9,12-13,15-18,25-26,30-33,36-37,55-57H,10-11,14,19-24,46H2,1-6H3,(H,47,67)(H,48,60)(H,49,61)(H,50,58)(H,51,59)(H,52,64)(H,53,62)(H,54,63)(H,65,66)/t25?,26?,30-,31?,32?,33+,36?,37?/m1/s1. The highest BCUT2D eigenvalue weighted by Gasteiger charge is 2.35. The molecule has 0 saturated carbocycles. The van der Waals surface area contributed by atoms with Crippen LogP contribution in [0.3, 0.4) is 0 Å². The van der Waals surface area contributed by atoms with E-state index in [9.17, 15) is 63.6 Å². The van der Waals surface area contributed by atoms with Gasteiger partial charge in [-0.2, -0.15) is 0 Å². The van der Waals surface area contributed by atoms with Crippen molar-refractivity contribution < 1.29 is 68.3 Å². The molecule has 0 heterocycles. The van der Waals surface area contributed by atoms with E-state index < -0.39 is 121 Å². The van der Waals surface area contributed by atoms with Crippen molar-refractivity contribution in [2.45, 2.75) is 121 Å². The highest BCUT2D eigenvalue weighted by atomic mass is 33.1. The molecule has 6 unspecified atom stereocenters. The molecule has 25 heteroatoms. The number of aliphatic hydroxyl groups excluding tert-OH is 2. The van der Waals surface area contributed by atoms with Gasteiger partial charge < -0.3 is 73.4 Å². The van der Waals surface area contributed by atoms with E-state index in [1.54, 1.807) is 51.3 Å². The Morgan fingerprint density at radius 1 is 0.643 bits per heavy atom. The molecular formula is C45H67N9O14S2. The van der Waals surface area contributed by atoms with Crippen molar-refractivity contribution in [2.24, 2.45) is 5.73 Å². The second-order valence-corrected chi connectivity index (χ2v) is 19.7. The maximum absolute atomic E-state index is 13.9. The average Bonchev–Trinajstić information content (AvgIpc) is 3.28. The van der Waals surface area contributed by atoms with Crippen molar-refractivity contribution in [3.63, 3.8) is 0 Å². The number of aromatic hydroxyl groups is 1. The minimum Gasteiger partial charge on any atom is -0.508 e. The second-order valence-electron chi connectivity index (χ2n) is 17.1. The number of aliphatic hydroxyl groups is 2. The summed E-state index contributed by atoms with van der Waals surface area (Å²) in [6.07, 6.45) is -1.62. The van der Waals surface area contributed by atoms with Gasteiger partial charge in [0.1, 0.15) is 35.5 Å². The number of nitrogens with two attached hydrogens (primary N) is 1. The molecule has 2 aromatic rings. The monoisotopic (exact) mass is 1020 g/mol. The lowest BCUT2D eigenvalue weighted by molar-refractivity contribution is -0.145. The van der Waals surface area contributed by atoms with Gasteiger partial charge in [-0.05, 0) is 89.8 Å². The van der Waals surface area contributed by atoms with E-state index in [0.717, 1.165) is 23.3 Å². The zero-order valence-corrected chi connectivity index (χ0v) is 41.6. The molecule has 0 saturated heterocycles. The van der Waals surface area contributed by atoms with Crippen molar-refractivity contribution in [3.05, 3.63) is 65.7 Å². The van der Waals surface area contributed by atoms with Gasteiger partial charge in [-0.15, -0.1) is 0 Å². The summed E-state index contributed by atoms with van der Waals surface area (Å²) in [5, 5.41) is 59.2. The zero-order valence-electron chi connectivity index (χ0n) is 39.9. The topological polar surface area (TPSA) is 366 Å². The highest BCUT2D eigenvalue weighted by Crippen LogP contribution is 2.18. The molecule has 0 bridgehead atoms. The van der Waals surface area contributed by atoms with E-state index >= 15 is 0 Å². The molecule has 388 valence electrons. The molecule has 0 aliphatic heterocycles. The zero-order chi connectivity index (χ0) is 52.6. The van der Waals surface area contributed by atoms with Gasteiger partial charge in [-0.25, -0.2) is 9.59 Å². The maximum atomic E-state index is 13.9. The number of unbranched alkanes of at least 4 members (excludes halogenated alkanes) is 1. The lowest BCUT2D eigenvalue weighted by Crippen LogP contribution is -2.61. The van der Waals surface area contributed by atoms with Gasteiger partial charge in [0.05, 0.1) is 31.3 Å². The SMILES string of the molecule is CSSC[C@H](NC(=O)C(NC(=O)C(CCCCNC(=O)OC(C)(C)C)NC(=O)CNC(=O)C(Cc1ccc(O)cc1)NC(=O)CNC(=O)[C@H](N)Cc1ccccc1)C(C)O)C(=O)NC(C(=O)O)C(C)O. The van der Waals surface area contributed by atoms with Gasteiger partial charge >= 0.3 is 12.1 Å². The van der Waals surface area contributed by atoms with Crippen molar-refractivity contribution in [1.82, 2.24) is 42.5 Å². The number of ether oxygens (including phenoxy) is 1. The minimum absolute atomic E-state index is 0.0558.